The van der Waals surface area contributed by atoms with Crippen LogP contribution in [0.25, 0.3) is 11.1 Å². The van der Waals surface area contributed by atoms with Crippen molar-refractivity contribution in [3.8, 4) is 0 Å². The van der Waals surface area contributed by atoms with Crippen LogP contribution in [0.4, 0.5) is 5.13 Å². The number of thioether (sulfide) groups is 1. The number of carboxylic acid groups (broad SMARTS) is 1. The van der Waals surface area contributed by atoms with Gasteiger partial charge in [-0.3, -0.25) is 14.5 Å². The van der Waals surface area contributed by atoms with Crippen LogP contribution in [0.5, 0.6) is 0 Å². The molecule has 1 fully saturated rings. The normalized spacial score (nSPS) is 19.5. The lowest BCUT2D eigenvalue weighted by Gasteiger charge is -2.49. The maximum atomic E-state index is 13.2. The molecule has 5 rings (SSSR count). The van der Waals surface area contributed by atoms with Gasteiger partial charge in [0.15, 0.2) is 29.2 Å². The maximum Gasteiger partial charge on any atom is 0.352 e. The highest BCUT2D eigenvalue weighted by Crippen LogP contribution is 2.40. The minimum Gasteiger partial charge on any atom is -0.477 e. The number of aryl methyl sites for hydroxylation is 1. The van der Waals surface area contributed by atoms with Crippen LogP contribution in [-0.4, -0.2) is 61.8 Å². The number of pyridine rings is 1. The van der Waals surface area contributed by atoms with Gasteiger partial charge < -0.3 is 25.4 Å². The van der Waals surface area contributed by atoms with Crippen molar-refractivity contribution in [3.63, 3.8) is 0 Å². The molecule has 2 amide bonds. The molecule has 2 atom stereocenters. The Hall–Kier alpha value is -3.91. The quantitative estimate of drug-likeness (QED) is 0.162. The summed E-state index contributed by atoms with van der Waals surface area (Å²) < 4.78 is 7.57. The Bertz CT molecular complexity index is 1510. The highest BCUT2D eigenvalue weighted by Gasteiger charge is 2.55. The van der Waals surface area contributed by atoms with Gasteiger partial charge in [-0.15, -0.1) is 23.1 Å². The number of thiazole rings is 1. The van der Waals surface area contributed by atoms with Crippen LogP contribution in [0.2, 0.25) is 0 Å². The number of β-lactam (4-membered cyclic amide) rings is 1. The second-order valence-electron chi connectivity index (χ2n) is 9.03. The molecule has 0 saturated carbocycles. The average molecular weight is 558 g/mol. The summed E-state index contributed by atoms with van der Waals surface area (Å²) in [6.45, 7) is 5.62. The largest absolute Gasteiger partial charge is 0.477 e. The summed E-state index contributed by atoms with van der Waals surface area (Å²) in [5.41, 5.74) is 7.84. The molecule has 1 unspecified atom stereocenters. The van der Waals surface area contributed by atoms with Gasteiger partial charge in [0.25, 0.3) is 17.3 Å². The molecular formula is C24H25N6O6S2+. The molecule has 0 spiro atoms. The van der Waals surface area contributed by atoms with Gasteiger partial charge in [-0.25, -0.2) is 9.78 Å². The summed E-state index contributed by atoms with van der Waals surface area (Å²) in [7, 11) is 0. The van der Waals surface area contributed by atoms with E-state index in [-0.39, 0.29) is 34.9 Å². The smallest absolute Gasteiger partial charge is 0.352 e. The summed E-state index contributed by atoms with van der Waals surface area (Å²) in [6.07, 6.45) is 1.55. The van der Waals surface area contributed by atoms with Gasteiger partial charge in [-0.2, -0.15) is 4.57 Å². The second kappa shape index (κ2) is 10.1. The van der Waals surface area contributed by atoms with E-state index in [9.17, 15) is 19.5 Å². The first-order valence-electron chi connectivity index (χ1n) is 11.7. The fraction of sp³-hybridized carbons (Fsp3) is 0.333. The number of aliphatic carboxylic acids is 1. The monoisotopic (exact) mass is 557 g/mol. The minimum atomic E-state index is -1.20. The van der Waals surface area contributed by atoms with Crippen molar-refractivity contribution >= 4 is 62.8 Å². The van der Waals surface area contributed by atoms with E-state index >= 15 is 0 Å². The Balaban J connectivity index is 1.38. The lowest BCUT2D eigenvalue weighted by molar-refractivity contribution is -0.663. The Labute approximate surface area is 225 Å². The standard InChI is InChI=1S/C24H24N6O6S2/c1-11(2)36-28-17(14-10-38-24(25)26-14)20(31)27-18-21(32)30-19(23(33)34)13(9-37-22(18)30)8-29-6-4-5-16-15(29)7-12(3)35-16/h4-7,10-11,18,22H,8-9H2,1-3H3,(H3-,25,26,27,31,33,34)/p+1/t18?,22-/m0/s1. The SMILES string of the molecule is Cc1cc2c(ccc[n+]2CC2=C(C(=O)O)N3C(=O)C(NC(=O)C(=NOC(C)C)c4csc(N)n4)[C@@H]3SC2)o1. The second-order valence-corrected chi connectivity index (χ2v) is 11.0. The number of fused-ring (bicyclic) bond motifs is 2. The van der Waals surface area contributed by atoms with Gasteiger partial charge in [0.05, 0.1) is 6.07 Å². The number of oxime groups is 1. The zero-order chi connectivity index (χ0) is 27.1. The van der Waals surface area contributed by atoms with Crippen molar-refractivity contribution in [1.82, 2.24) is 15.2 Å². The fourth-order valence-corrected chi connectivity index (χ4v) is 6.18. The lowest BCUT2D eigenvalue weighted by atomic mass is 10.0. The number of rotatable bonds is 8. The molecule has 0 radical (unpaired) electrons. The number of carbonyl (C=O) groups excluding carboxylic acids is 2. The molecule has 2 aliphatic heterocycles. The number of carbonyl (C=O) groups is 3. The van der Waals surface area contributed by atoms with E-state index in [0.717, 1.165) is 22.6 Å². The van der Waals surface area contributed by atoms with Crippen LogP contribution in [0.15, 0.2) is 50.6 Å². The van der Waals surface area contributed by atoms with Crippen molar-refractivity contribution in [2.24, 2.45) is 5.16 Å². The number of nitrogens with two attached hydrogens (primary N) is 1. The van der Waals surface area contributed by atoms with Gasteiger partial charge >= 0.3 is 5.97 Å². The molecule has 198 valence electrons. The number of furan rings is 1. The number of nitrogens with zero attached hydrogens (tertiary/aromatic N) is 4. The Morgan fingerprint density at radius 1 is 1.45 bits per heavy atom. The summed E-state index contributed by atoms with van der Waals surface area (Å²) in [6, 6.07) is 4.61. The maximum absolute atomic E-state index is 13.2. The Kier molecular flexibility index (Phi) is 6.84. The van der Waals surface area contributed by atoms with Gasteiger partial charge in [0.1, 0.15) is 34.7 Å². The fourth-order valence-electron chi connectivity index (χ4n) is 4.29. The topological polar surface area (TPSA) is 164 Å². The number of amides is 2. The molecule has 12 nitrogen and oxygen atoms in total. The molecule has 1 saturated heterocycles. The summed E-state index contributed by atoms with van der Waals surface area (Å²) in [5, 5.41) is 17.9. The number of anilines is 1. The van der Waals surface area contributed by atoms with Crippen molar-refractivity contribution in [3.05, 3.63) is 52.5 Å². The Morgan fingerprint density at radius 3 is 2.92 bits per heavy atom. The van der Waals surface area contributed by atoms with Crippen molar-refractivity contribution in [1.29, 1.82) is 0 Å². The van der Waals surface area contributed by atoms with Crippen molar-refractivity contribution in [2.45, 2.75) is 44.8 Å². The predicted molar refractivity (Wildman–Crippen MR) is 140 cm³/mol. The molecular weight excluding hydrogens is 532 g/mol. The predicted octanol–water partition coefficient (Wildman–Crippen LogP) is 1.64. The van der Waals surface area contributed by atoms with Crippen LogP contribution in [-0.2, 0) is 25.8 Å². The van der Waals surface area contributed by atoms with Crippen LogP contribution in [0, 0.1) is 6.92 Å². The molecule has 38 heavy (non-hydrogen) atoms. The Morgan fingerprint density at radius 2 is 2.24 bits per heavy atom. The van der Waals surface area contributed by atoms with Crippen molar-refractivity contribution < 1.29 is 33.3 Å². The molecule has 0 aliphatic carbocycles. The van der Waals surface area contributed by atoms with Crippen molar-refractivity contribution in [2.75, 3.05) is 11.5 Å². The third-order valence-electron chi connectivity index (χ3n) is 5.92. The van der Waals surface area contributed by atoms with Gasteiger partial charge in [-0.1, -0.05) is 5.16 Å². The molecule has 0 aromatic carbocycles. The van der Waals surface area contributed by atoms with Gasteiger partial charge in [0.2, 0.25) is 0 Å². The first-order chi connectivity index (χ1) is 18.1. The lowest BCUT2D eigenvalue weighted by Crippen LogP contribution is -2.71. The highest BCUT2D eigenvalue weighted by molar-refractivity contribution is 8.00. The van der Waals surface area contributed by atoms with E-state index < -0.39 is 29.2 Å². The molecule has 4 N–H and O–H groups in total. The van der Waals surface area contributed by atoms with E-state index in [0.29, 0.717) is 16.9 Å². The molecule has 3 aromatic heterocycles. The van der Waals surface area contributed by atoms with E-state index in [1.165, 1.54) is 16.7 Å². The number of carboxylic acids is 1. The molecule has 14 heteroatoms. The molecule has 5 heterocycles. The highest BCUT2D eigenvalue weighted by atomic mass is 32.2. The van der Waals surface area contributed by atoms with Crippen LogP contribution >= 0.6 is 23.1 Å². The number of nitrogen functional groups attached to an aromatic ring is 1. The number of hydrogen-bond acceptors (Lipinski definition) is 10. The van der Waals surface area contributed by atoms with Gasteiger partial charge in [-0.05, 0) is 26.8 Å². The molecule has 3 aromatic rings. The number of nitrogens with one attached hydrogen (secondary N) is 1. The summed E-state index contributed by atoms with van der Waals surface area (Å²) in [4.78, 5) is 49.2. The summed E-state index contributed by atoms with van der Waals surface area (Å²) in [5.74, 6) is -1.29. The van der Waals surface area contributed by atoms with E-state index in [1.54, 1.807) is 19.2 Å². The first-order valence-corrected chi connectivity index (χ1v) is 13.6. The number of aromatic nitrogens is 2. The molecule has 2 aliphatic rings. The average Bonchev–Trinajstić information content (AvgIpc) is 3.47. The first kappa shape index (κ1) is 25.7. The van der Waals surface area contributed by atoms with Gasteiger partial charge in [0, 0.05) is 22.8 Å². The number of hydrogen-bond donors (Lipinski definition) is 3. The zero-order valence-corrected chi connectivity index (χ0v) is 22.3. The van der Waals surface area contributed by atoms with Crippen LogP contribution in [0.3, 0.4) is 0 Å². The third kappa shape index (κ3) is 4.72. The van der Waals surface area contributed by atoms with E-state index in [1.807, 2.05) is 35.9 Å². The van der Waals surface area contributed by atoms with Crippen LogP contribution in [0.1, 0.15) is 25.3 Å². The van der Waals surface area contributed by atoms with E-state index in [4.69, 9.17) is 15.0 Å². The summed E-state index contributed by atoms with van der Waals surface area (Å²) >= 11 is 2.52. The third-order valence-corrected chi connectivity index (χ3v) is 7.93. The molecule has 0 bridgehead atoms. The van der Waals surface area contributed by atoms with E-state index in [2.05, 4.69) is 15.5 Å². The zero-order valence-electron chi connectivity index (χ0n) is 20.7. The minimum absolute atomic E-state index is 0.0710. The van der Waals surface area contributed by atoms with Crippen LogP contribution < -0.4 is 15.6 Å².